The molecule has 32 heavy (non-hydrogen) atoms. The van der Waals surface area contributed by atoms with Gasteiger partial charge in [-0.05, 0) is 44.5 Å². The lowest BCUT2D eigenvalue weighted by atomic mass is 10.1. The van der Waals surface area contributed by atoms with E-state index < -0.39 is 0 Å². The Labute approximate surface area is 189 Å². The minimum atomic E-state index is 0.440. The molecule has 5 nitrogen and oxygen atoms in total. The molecule has 0 spiro atoms. The van der Waals surface area contributed by atoms with Gasteiger partial charge in [0, 0.05) is 23.9 Å². The van der Waals surface area contributed by atoms with Gasteiger partial charge in [0.2, 0.25) is 5.75 Å². The van der Waals surface area contributed by atoms with E-state index in [1.807, 2.05) is 73.1 Å². The molecule has 0 aliphatic carbocycles. The molecule has 4 rings (SSSR count). The van der Waals surface area contributed by atoms with Gasteiger partial charge in [0.1, 0.15) is 6.61 Å². The van der Waals surface area contributed by atoms with E-state index in [1.165, 1.54) is 5.56 Å². The molecule has 0 aliphatic heterocycles. The summed E-state index contributed by atoms with van der Waals surface area (Å²) in [7, 11) is 0. The Kier molecular flexibility index (Phi) is 6.52. The van der Waals surface area contributed by atoms with Gasteiger partial charge in [-0.3, -0.25) is 0 Å². The molecule has 0 unspecified atom stereocenters. The van der Waals surface area contributed by atoms with Gasteiger partial charge in [0.15, 0.2) is 11.6 Å². The molecular weight excluding hydrogens is 398 g/mol. The highest BCUT2D eigenvalue weighted by Crippen LogP contribution is 2.27. The number of aliphatic imine (C=N–C) groups is 1. The first-order chi connectivity index (χ1) is 15.6. The molecule has 1 aromatic heterocycles. The van der Waals surface area contributed by atoms with Crippen LogP contribution in [0.2, 0.25) is 0 Å². The summed E-state index contributed by atoms with van der Waals surface area (Å²) in [6, 6.07) is 28.2. The van der Waals surface area contributed by atoms with E-state index >= 15 is 0 Å². The van der Waals surface area contributed by atoms with Crippen LogP contribution < -0.4 is 9.47 Å². The molecule has 0 aliphatic rings. The van der Waals surface area contributed by atoms with Crippen LogP contribution in [0.1, 0.15) is 29.3 Å². The maximum atomic E-state index is 5.96. The molecule has 0 bridgehead atoms. The van der Waals surface area contributed by atoms with Crippen molar-refractivity contribution >= 4 is 12.0 Å². The Morgan fingerprint density at radius 1 is 0.969 bits per heavy atom. The highest BCUT2D eigenvalue weighted by molar-refractivity contribution is 5.81. The Morgan fingerprint density at radius 2 is 1.81 bits per heavy atom. The largest absolute Gasteiger partial charge is 0.489 e. The zero-order valence-corrected chi connectivity index (χ0v) is 18.5. The summed E-state index contributed by atoms with van der Waals surface area (Å²) in [6.45, 7) is 6.92. The van der Waals surface area contributed by atoms with Crippen molar-refractivity contribution < 1.29 is 9.47 Å². The number of hydrogen-bond acceptors (Lipinski definition) is 4. The van der Waals surface area contributed by atoms with Crippen LogP contribution >= 0.6 is 0 Å². The third-order valence-corrected chi connectivity index (χ3v) is 4.75. The molecule has 3 aromatic carbocycles. The first-order valence-electron chi connectivity index (χ1n) is 10.6. The maximum Gasteiger partial charge on any atom is 0.213 e. The van der Waals surface area contributed by atoms with Crippen molar-refractivity contribution in [3.8, 4) is 17.2 Å². The molecule has 4 aromatic rings. The molecule has 0 saturated heterocycles. The normalized spacial score (nSPS) is 10.8. The SMILES string of the molecule is CCOc1cc(C=Nc2cc(C)nn2-c2ccccc2)c#cc1OCc1cccc(C)c1. The van der Waals surface area contributed by atoms with Crippen molar-refractivity contribution in [3.63, 3.8) is 0 Å². The van der Waals surface area contributed by atoms with Crippen LogP contribution in [0.25, 0.3) is 5.69 Å². The van der Waals surface area contributed by atoms with Gasteiger partial charge in [-0.1, -0.05) is 54.1 Å². The number of para-hydroxylation sites is 1. The minimum absolute atomic E-state index is 0.440. The summed E-state index contributed by atoms with van der Waals surface area (Å²) in [5.41, 5.74) is 4.89. The smallest absolute Gasteiger partial charge is 0.213 e. The zero-order valence-electron chi connectivity index (χ0n) is 18.5. The van der Waals surface area contributed by atoms with Gasteiger partial charge in [0.05, 0.1) is 18.0 Å². The number of benzene rings is 2. The fourth-order valence-electron chi connectivity index (χ4n) is 3.30. The van der Waals surface area contributed by atoms with Gasteiger partial charge in [-0.25, -0.2) is 9.67 Å². The van der Waals surface area contributed by atoms with Gasteiger partial charge in [0.25, 0.3) is 0 Å². The molecule has 0 atom stereocenters. The summed E-state index contributed by atoms with van der Waals surface area (Å²) >= 11 is 0. The fraction of sp³-hybridized carbons (Fsp3) is 0.185. The van der Waals surface area contributed by atoms with Crippen molar-refractivity contribution in [2.75, 3.05) is 6.61 Å². The molecule has 5 heteroatoms. The lowest BCUT2D eigenvalue weighted by Gasteiger charge is -2.10. The average molecular weight is 424 g/mol. The number of rotatable bonds is 8. The molecule has 0 fully saturated rings. The Bertz CT molecular complexity index is 1210. The Morgan fingerprint density at radius 3 is 2.59 bits per heavy atom. The molecule has 1 heterocycles. The Hall–Kier alpha value is -4.04. The highest BCUT2D eigenvalue weighted by Gasteiger charge is 2.08. The molecule has 160 valence electrons. The van der Waals surface area contributed by atoms with Crippen molar-refractivity contribution in [2.24, 2.45) is 4.99 Å². The zero-order chi connectivity index (χ0) is 22.3. The third kappa shape index (κ3) is 5.16. The van der Waals surface area contributed by atoms with Gasteiger partial charge >= 0.3 is 0 Å². The van der Waals surface area contributed by atoms with Crippen molar-refractivity contribution in [1.29, 1.82) is 0 Å². The van der Waals surface area contributed by atoms with Crippen molar-refractivity contribution in [3.05, 3.63) is 101 Å². The Balaban J connectivity index is 1.55. The van der Waals surface area contributed by atoms with E-state index in [9.17, 15) is 0 Å². The molecule has 0 N–H and O–H groups in total. The molecule has 0 radical (unpaired) electrons. The summed E-state index contributed by atoms with van der Waals surface area (Å²) in [5.74, 6) is 1.89. The highest BCUT2D eigenvalue weighted by atomic mass is 16.5. The summed E-state index contributed by atoms with van der Waals surface area (Å²) in [4.78, 5) is 4.64. The second kappa shape index (κ2) is 9.84. The maximum absolute atomic E-state index is 5.96. The second-order valence-corrected chi connectivity index (χ2v) is 7.40. The van der Waals surface area contributed by atoms with Crippen LogP contribution in [-0.2, 0) is 6.61 Å². The van der Waals surface area contributed by atoms with Crippen LogP contribution in [-0.4, -0.2) is 22.6 Å². The standard InChI is InChI=1S/C27H25N3O2/c1-4-31-26-17-22(13-14-25(26)32-19-23-10-8-9-20(2)15-23)18-28-27-16-21(3)29-30(27)24-11-6-5-7-12-24/h5-12,15-18H,4,19H2,1-3H3. The van der Waals surface area contributed by atoms with Crippen LogP contribution in [0, 0.1) is 26.0 Å². The van der Waals surface area contributed by atoms with E-state index in [2.05, 4.69) is 41.3 Å². The third-order valence-electron chi connectivity index (χ3n) is 4.75. The minimum Gasteiger partial charge on any atom is -0.489 e. The average Bonchev–Trinajstić information content (AvgIpc) is 3.18. The number of hydrogen-bond donors (Lipinski definition) is 0. The first kappa shape index (κ1) is 21.2. The first-order valence-corrected chi connectivity index (χ1v) is 10.6. The van der Waals surface area contributed by atoms with Crippen LogP contribution in [0.3, 0.4) is 0 Å². The fourth-order valence-corrected chi connectivity index (χ4v) is 3.30. The predicted molar refractivity (Wildman–Crippen MR) is 126 cm³/mol. The van der Waals surface area contributed by atoms with E-state index in [1.54, 1.807) is 6.21 Å². The predicted octanol–water partition coefficient (Wildman–Crippen LogP) is 5.82. The van der Waals surface area contributed by atoms with Crippen LogP contribution in [0.5, 0.6) is 11.5 Å². The van der Waals surface area contributed by atoms with Crippen molar-refractivity contribution in [2.45, 2.75) is 27.4 Å². The number of nitrogens with zero attached hydrogens (tertiary/aromatic N) is 3. The molecule has 0 amide bonds. The van der Waals surface area contributed by atoms with E-state index in [0.717, 1.165) is 28.3 Å². The topological polar surface area (TPSA) is 48.6 Å². The summed E-state index contributed by atoms with van der Waals surface area (Å²) in [5, 5.41) is 4.55. The van der Waals surface area contributed by atoms with Gasteiger partial charge in [-0.2, -0.15) is 5.10 Å². The number of aromatic nitrogens is 2. The van der Waals surface area contributed by atoms with Crippen molar-refractivity contribution in [1.82, 2.24) is 9.78 Å². The van der Waals surface area contributed by atoms with Crippen LogP contribution in [0.15, 0.2) is 71.7 Å². The number of aryl methyl sites for hydroxylation is 2. The number of ether oxygens (including phenoxy) is 2. The van der Waals surface area contributed by atoms with E-state index in [0.29, 0.717) is 24.7 Å². The van der Waals surface area contributed by atoms with Gasteiger partial charge < -0.3 is 9.47 Å². The lowest BCUT2D eigenvalue weighted by molar-refractivity contribution is 0.269. The second-order valence-electron chi connectivity index (χ2n) is 7.40. The monoisotopic (exact) mass is 423 g/mol. The van der Waals surface area contributed by atoms with E-state index in [-0.39, 0.29) is 0 Å². The molecule has 0 saturated carbocycles. The van der Waals surface area contributed by atoms with Crippen LogP contribution in [0.4, 0.5) is 5.82 Å². The molecular formula is C27H25N3O2. The van der Waals surface area contributed by atoms with Gasteiger partial charge in [-0.15, -0.1) is 0 Å². The quantitative estimate of drug-likeness (QED) is 0.336. The summed E-state index contributed by atoms with van der Waals surface area (Å²) in [6.07, 6.45) is 1.74. The van der Waals surface area contributed by atoms with E-state index in [4.69, 9.17) is 9.47 Å². The lowest BCUT2D eigenvalue weighted by Crippen LogP contribution is -2.00. The summed E-state index contributed by atoms with van der Waals surface area (Å²) < 4.78 is 13.6.